The normalized spacial score (nSPS) is 11.6. The summed E-state index contributed by atoms with van der Waals surface area (Å²) in [5.41, 5.74) is 1.64. The molecule has 0 spiro atoms. The van der Waals surface area contributed by atoms with E-state index >= 15 is 0 Å². The highest BCUT2D eigenvalue weighted by atomic mass is 32.2. The van der Waals surface area contributed by atoms with E-state index in [2.05, 4.69) is 20.3 Å². The van der Waals surface area contributed by atoms with Crippen molar-refractivity contribution in [3.8, 4) is 0 Å². The van der Waals surface area contributed by atoms with Gasteiger partial charge in [0.2, 0.25) is 10.0 Å². The van der Waals surface area contributed by atoms with Crippen LogP contribution < -0.4 is 5.32 Å². The van der Waals surface area contributed by atoms with Crippen LogP contribution in [0.15, 0.2) is 35.6 Å². The maximum absolute atomic E-state index is 11.9. The molecule has 0 aliphatic rings. The highest BCUT2D eigenvalue weighted by Crippen LogP contribution is 2.14. The molecule has 0 aliphatic heterocycles. The monoisotopic (exact) mass is 307 g/mol. The second-order valence-corrected chi connectivity index (χ2v) is 6.82. The number of sulfonamides is 1. The van der Waals surface area contributed by atoms with E-state index in [0.717, 1.165) is 15.7 Å². The van der Waals surface area contributed by atoms with Crippen LogP contribution in [0, 0.1) is 6.92 Å². The van der Waals surface area contributed by atoms with Gasteiger partial charge in [-0.1, -0.05) is 0 Å². The lowest BCUT2D eigenvalue weighted by molar-refractivity contribution is 0.520. The zero-order valence-electron chi connectivity index (χ0n) is 12.1. The van der Waals surface area contributed by atoms with Gasteiger partial charge < -0.3 is 5.32 Å². The Hall–Kier alpha value is -2.06. The highest BCUT2D eigenvalue weighted by molar-refractivity contribution is 7.89. The molecule has 0 unspecified atom stereocenters. The molecule has 2 heterocycles. The Morgan fingerprint density at radius 1 is 1.10 bits per heavy atom. The van der Waals surface area contributed by atoms with Crippen LogP contribution in [0.2, 0.25) is 0 Å². The Morgan fingerprint density at radius 2 is 1.86 bits per heavy atom. The summed E-state index contributed by atoms with van der Waals surface area (Å²) >= 11 is 0. The van der Waals surface area contributed by atoms with E-state index in [0.29, 0.717) is 12.4 Å². The van der Waals surface area contributed by atoms with Crippen LogP contribution in [-0.4, -0.2) is 41.8 Å². The lowest BCUT2D eigenvalue weighted by atomic mass is 10.4. The first kappa shape index (κ1) is 15.3. The first-order valence-corrected chi connectivity index (χ1v) is 7.73. The third-order valence-electron chi connectivity index (χ3n) is 2.80. The van der Waals surface area contributed by atoms with Gasteiger partial charge in [0, 0.05) is 26.5 Å². The van der Waals surface area contributed by atoms with Crippen molar-refractivity contribution in [2.75, 3.05) is 19.4 Å². The summed E-state index contributed by atoms with van der Waals surface area (Å²) in [4.78, 5) is 12.6. The van der Waals surface area contributed by atoms with Gasteiger partial charge >= 0.3 is 0 Å². The van der Waals surface area contributed by atoms with E-state index in [1.807, 2.05) is 6.92 Å². The number of pyridine rings is 1. The van der Waals surface area contributed by atoms with Crippen molar-refractivity contribution in [3.63, 3.8) is 0 Å². The third kappa shape index (κ3) is 3.73. The van der Waals surface area contributed by atoms with E-state index in [4.69, 9.17) is 0 Å². The van der Waals surface area contributed by atoms with Gasteiger partial charge in [0.05, 0.1) is 24.1 Å². The SMILES string of the molecule is Cc1cnc(CNc2ccc(S(=O)(=O)N(C)C)cn2)cn1. The molecule has 0 amide bonds. The molecule has 0 fully saturated rings. The minimum atomic E-state index is -3.44. The Morgan fingerprint density at radius 3 is 2.38 bits per heavy atom. The molecular formula is C13H17N5O2S. The van der Waals surface area contributed by atoms with Crippen molar-refractivity contribution in [2.24, 2.45) is 0 Å². The zero-order chi connectivity index (χ0) is 15.5. The zero-order valence-corrected chi connectivity index (χ0v) is 12.9. The topological polar surface area (TPSA) is 88.1 Å². The Balaban J connectivity index is 2.05. The Labute approximate surface area is 124 Å². The fourth-order valence-corrected chi connectivity index (χ4v) is 2.39. The number of anilines is 1. The van der Waals surface area contributed by atoms with Gasteiger partial charge in [-0.05, 0) is 19.1 Å². The number of aromatic nitrogens is 3. The number of hydrogen-bond donors (Lipinski definition) is 1. The number of nitrogens with one attached hydrogen (secondary N) is 1. The first-order valence-electron chi connectivity index (χ1n) is 6.29. The molecule has 0 aromatic carbocycles. The number of rotatable bonds is 5. The van der Waals surface area contributed by atoms with Crippen LogP contribution >= 0.6 is 0 Å². The molecule has 0 radical (unpaired) electrons. The van der Waals surface area contributed by atoms with Crippen molar-refractivity contribution in [1.82, 2.24) is 19.3 Å². The third-order valence-corrected chi connectivity index (χ3v) is 4.60. The fourth-order valence-electron chi connectivity index (χ4n) is 1.54. The quantitative estimate of drug-likeness (QED) is 0.888. The number of hydrogen-bond acceptors (Lipinski definition) is 6. The lowest BCUT2D eigenvalue weighted by Gasteiger charge is -2.11. The smallest absolute Gasteiger partial charge is 0.244 e. The standard InChI is InChI=1S/C13H17N5O2S/c1-10-6-15-11(7-14-10)8-16-13-5-4-12(9-17-13)21(19,20)18(2)3/h4-7,9H,8H2,1-3H3,(H,16,17). The van der Waals surface area contributed by atoms with Gasteiger partial charge in [-0.3, -0.25) is 9.97 Å². The molecule has 1 N–H and O–H groups in total. The summed E-state index contributed by atoms with van der Waals surface area (Å²) in [6.45, 7) is 2.34. The molecular weight excluding hydrogens is 290 g/mol. The largest absolute Gasteiger partial charge is 0.364 e. The van der Waals surface area contributed by atoms with E-state index in [1.54, 1.807) is 18.5 Å². The molecule has 2 rings (SSSR count). The molecule has 21 heavy (non-hydrogen) atoms. The minimum Gasteiger partial charge on any atom is -0.364 e. The Kier molecular flexibility index (Phi) is 4.49. The predicted molar refractivity (Wildman–Crippen MR) is 79.2 cm³/mol. The van der Waals surface area contributed by atoms with Crippen molar-refractivity contribution in [1.29, 1.82) is 0 Å². The summed E-state index contributed by atoms with van der Waals surface area (Å²) in [5, 5.41) is 3.07. The van der Waals surface area contributed by atoms with Crippen LogP contribution in [0.25, 0.3) is 0 Å². The average Bonchev–Trinajstić information content (AvgIpc) is 2.47. The maximum Gasteiger partial charge on any atom is 0.244 e. The molecule has 0 saturated carbocycles. The van der Waals surface area contributed by atoms with Gasteiger partial charge in [-0.2, -0.15) is 0 Å². The summed E-state index contributed by atoms with van der Waals surface area (Å²) < 4.78 is 25.0. The van der Waals surface area contributed by atoms with Crippen LogP contribution in [0.4, 0.5) is 5.82 Å². The molecule has 0 saturated heterocycles. The van der Waals surface area contributed by atoms with Crippen molar-refractivity contribution in [2.45, 2.75) is 18.4 Å². The molecule has 112 valence electrons. The predicted octanol–water partition coefficient (Wildman–Crippen LogP) is 1.04. The summed E-state index contributed by atoms with van der Waals surface area (Å²) in [6, 6.07) is 3.14. The van der Waals surface area contributed by atoms with E-state index in [1.165, 1.54) is 26.4 Å². The van der Waals surface area contributed by atoms with Crippen LogP contribution in [0.1, 0.15) is 11.4 Å². The van der Waals surface area contributed by atoms with Gasteiger partial charge in [0.25, 0.3) is 0 Å². The highest BCUT2D eigenvalue weighted by Gasteiger charge is 2.17. The van der Waals surface area contributed by atoms with Crippen molar-refractivity contribution < 1.29 is 8.42 Å². The molecule has 0 aliphatic carbocycles. The summed E-state index contributed by atoms with van der Waals surface area (Å²) in [6.07, 6.45) is 4.71. The molecule has 0 atom stereocenters. The first-order chi connectivity index (χ1) is 9.89. The minimum absolute atomic E-state index is 0.160. The molecule has 8 heteroatoms. The van der Waals surface area contributed by atoms with Crippen molar-refractivity contribution in [3.05, 3.63) is 42.1 Å². The van der Waals surface area contributed by atoms with Crippen LogP contribution in [0.3, 0.4) is 0 Å². The van der Waals surface area contributed by atoms with Gasteiger partial charge in [0.1, 0.15) is 10.7 Å². The molecule has 2 aromatic heterocycles. The lowest BCUT2D eigenvalue weighted by Crippen LogP contribution is -2.22. The van der Waals surface area contributed by atoms with E-state index in [-0.39, 0.29) is 4.90 Å². The van der Waals surface area contributed by atoms with Gasteiger partial charge in [0.15, 0.2) is 0 Å². The summed E-state index contributed by atoms with van der Waals surface area (Å²) in [5.74, 6) is 0.579. The van der Waals surface area contributed by atoms with E-state index in [9.17, 15) is 8.42 Å². The van der Waals surface area contributed by atoms with Crippen LogP contribution in [0.5, 0.6) is 0 Å². The van der Waals surface area contributed by atoms with Gasteiger partial charge in [-0.15, -0.1) is 0 Å². The summed E-state index contributed by atoms with van der Waals surface area (Å²) in [7, 11) is -0.477. The number of nitrogens with zero attached hydrogens (tertiary/aromatic N) is 4. The Bertz CT molecular complexity index is 696. The molecule has 2 aromatic rings. The van der Waals surface area contributed by atoms with E-state index < -0.39 is 10.0 Å². The van der Waals surface area contributed by atoms with Crippen molar-refractivity contribution >= 4 is 15.8 Å². The molecule has 0 bridgehead atoms. The second kappa shape index (κ2) is 6.15. The number of aryl methyl sites for hydroxylation is 1. The maximum atomic E-state index is 11.9. The second-order valence-electron chi connectivity index (χ2n) is 4.67. The average molecular weight is 307 g/mol. The van der Waals surface area contributed by atoms with Crippen LogP contribution in [-0.2, 0) is 16.6 Å². The molecule has 7 nitrogen and oxygen atoms in total. The van der Waals surface area contributed by atoms with Gasteiger partial charge in [-0.25, -0.2) is 17.7 Å². The fraction of sp³-hybridized carbons (Fsp3) is 0.308.